The number of nitrogen functional groups attached to an aromatic ring is 1. The van der Waals surface area contributed by atoms with Gasteiger partial charge in [-0.2, -0.15) is 5.26 Å². The van der Waals surface area contributed by atoms with Gasteiger partial charge < -0.3 is 15.4 Å². The number of nitriles is 1. The van der Waals surface area contributed by atoms with E-state index in [-0.39, 0.29) is 0 Å². The average Bonchev–Trinajstić information content (AvgIpc) is 2.89. The third-order valence-electron chi connectivity index (χ3n) is 3.11. The van der Waals surface area contributed by atoms with Crippen LogP contribution >= 0.6 is 11.3 Å². The molecule has 1 saturated heterocycles. The number of nitrogens with zero attached hydrogens (tertiary/aromatic N) is 4. The highest BCUT2D eigenvalue weighted by Gasteiger charge is 2.16. The van der Waals surface area contributed by atoms with Gasteiger partial charge in [0.15, 0.2) is 5.13 Å². The van der Waals surface area contributed by atoms with Crippen LogP contribution in [0.2, 0.25) is 0 Å². The number of morpholine rings is 1. The third kappa shape index (κ3) is 2.43. The van der Waals surface area contributed by atoms with E-state index in [2.05, 4.69) is 20.9 Å². The minimum absolute atomic E-state index is 0.384. The molecule has 2 aromatic heterocycles. The van der Waals surface area contributed by atoms with Gasteiger partial charge in [-0.25, -0.2) is 4.98 Å². The number of anilines is 2. The van der Waals surface area contributed by atoms with E-state index in [1.165, 1.54) is 11.3 Å². The molecular formula is C13H13N5OS. The van der Waals surface area contributed by atoms with Crippen LogP contribution in [-0.2, 0) is 4.74 Å². The molecule has 2 N–H and O–H groups in total. The van der Waals surface area contributed by atoms with Crippen LogP contribution in [-0.4, -0.2) is 36.3 Å². The summed E-state index contributed by atoms with van der Waals surface area (Å²) in [5, 5.41) is 9.51. The summed E-state index contributed by atoms with van der Waals surface area (Å²) in [5.74, 6) is 0. The van der Waals surface area contributed by atoms with Crippen LogP contribution in [0, 0.1) is 11.3 Å². The molecule has 1 aliphatic heterocycles. The smallest absolute Gasteiger partial charge is 0.181 e. The second-order valence-corrected chi connectivity index (χ2v) is 5.37. The fourth-order valence-electron chi connectivity index (χ4n) is 2.15. The van der Waals surface area contributed by atoms with Crippen LogP contribution < -0.4 is 10.6 Å². The van der Waals surface area contributed by atoms with Crippen molar-refractivity contribution < 1.29 is 4.74 Å². The Bertz CT molecular complexity index is 657. The number of nitrogens with two attached hydrogens (primary N) is 1. The van der Waals surface area contributed by atoms with Gasteiger partial charge in [-0.05, 0) is 12.1 Å². The van der Waals surface area contributed by atoms with E-state index in [0.29, 0.717) is 21.4 Å². The molecule has 1 fully saturated rings. The van der Waals surface area contributed by atoms with E-state index in [1.54, 1.807) is 6.20 Å². The van der Waals surface area contributed by atoms with E-state index in [1.807, 2.05) is 12.1 Å². The van der Waals surface area contributed by atoms with Crippen molar-refractivity contribution in [3.8, 4) is 17.5 Å². The van der Waals surface area contributed by atoms with E-state index in [0.717, 1.165) is 32.0 Å². The first-order valence-corrected chi connectivity index (χ1v) is 7.05. The second-order valence-electron chi connectivity index (χ2n) is 4.34. The summed E-state index contributed by atoms with van der Waals surface area (Å²) in [6, 6.07) is 6.02. The summed E-state index contributed by atoms with van der Waals surface area (Å²) in [6.45, 7) is 3.16. The normalized spacial score (nSPS) is 15.1. The molecule has 0 amide bonds. The zero-order valence-corrected chi connectivity index (χ0v) is 11.6. The molecule has 3 rings (SSSR count). The van der Waals surface area contributed by atoms with Crippen molar-refractivity contribution in [2.24, 2.45) is 0 Å². The molecule has 102 valence electrons. The van der Waals surface area contributed by atoms with Crippen molar-refractivity contribution in [1.82, 2.24) is 9.97 Å². The van der Waals surface area contributed by atoms with E-state index in [4.69, 9.17) is 15.7 Å². The van der Waals surface area contributed by atoms with Gasteiger partial charge in [0.2, 0.25) is 0 Å². The van der Waals surface area contributed by atoms with Gasteiger partial charge in [0.05, 0.1) is 18.9 Å². The summed E-state index contributed by atoms with van der Waals surface area (Å²) >= 11 is 1.18. The zero-order valence-electron chi connectivity index (χ0n) is 10.7. The lowest BCUT2D eigenvalue weighted by molar-refractivity contribution is 0.122. The Kier molecular flexibility index (Phi) is 3.50. The molecule has 0 radical (unpaired) electrons. The first-order valence-electron chi connectivity index (χ1n) is 6.23. The summed E-state index contributed by atoms with van der Waals surface area (Å²) in [6.07, 6.45) is 1.73. The Morgan fingerprint density at radius 1 is 1.40 bits per heavy atom. The van der Waals surface area contributed by atoms with E-state index >= 15 is 0 Å². The first-order chi connectivity index (χ1) is 9.78. The summed E-state index contributed by atoms with van der Waals surface area (Å²) in [4.78, 5) is 11.2. The Hall–Kier alpha value is -2.17. The van der Waals surface area contributed by atoms with Crippen molar-refractivity contribution in [2.45, 2.75) is 0 Å². The van der Waals surface area contributed by atoms with Crippen LogP contribution in [0.4, 0.5) is 10.8 Å². The average molecular weight is 287 g/mol. The molecule has 0 aromatic carbocycles. The van der Waals surface area contributed by atoms with Gasteiger partial charge in [0.25, 0.3) is 0 Å². The summed E-state index contributed by atoms with van der Waals surface area (Å²) in [5.41, 5.74) is 7.98. The predicted molar refractivity (Wildman–Crippen MR) is 77.5 cm³/mol. The van der Waals surface area contributed by atoms with Crippen LogP contribution in [0.15, 0.2) is 18.3 Å². The molecule has 1 aliphatic rings. The summed E-state index contributed by atoms with van der Waals surface area (Å²) in [7, 11) is 0. The Morgan fingerprint density at radius 3 is 2.95 bits per heavy atom. The monoisotopic (exact) mass is 287 g/mol. The Labute approximate surface area is 120 Å². The van der Waals surface area contributed by atoms with Gasteiger partial charge >= 0.3 is 0 Å². The molecule has 0 bridgehead atoms. The molecule has 0 spiro atoms. The van der Waals surface area contributed by atoms with Crippen LogP contribution in [0.1, 0.15) is 4.88 Å². The largest absolute Gasteiger partial charge is 0.378 e. The standard InChI is InChI=1S/C13H13N5OS/c14-8-11-12(17-13(15)20-11)10-7-9(1-2-16-10)18-3-5-19-6-4-18/h1-2,7H,3-6H2,(H2,15,17). The molecule has 20 heavy (non-hydrogen) atoms. The lowest BCUT2D eigenvalue weighted by Crippen LogP contribution is -2.36. The van der Waals surface area contributed by atoms with Gasteiger partial charge in [-0.1, -0.05) is 11.3 Å². The molecule has 0 saturated carbocycles. The van der Waals surface area contributed by atoms with Crippen molar-refractivity contribution in [3.05, 3.63) is 23.2 Å². The fraction of sp³-hybridized carbons (Fsp3) is 0.308. The molecule has 0 unspecified atom stereocenters. The van der Waals surface area contributed by atoms with Crippen LogP contribution in [0.5, 0.6) is 0 Å². The number of thiazole rings is 1. The van der Waals surface area contributed by atoms with Gasteiger partial charge in [0, 0.05) is 25.0 Å². The molecule has 0 aliphatic carbocycles. The minimum Gasteiger partial charge on any atom is -0.378 e. The Morgan fingerprint density at radius 2 is 2.20 bits per heavy atom. The van der Waals surface area contributed by atoms with Gasteiger partial charge in [0.1, 0.15) is 16.6 Å². The topological polar surface area (TPSA) is 88.1 Å². The third-order valence-corrected chi connectivity index (χ3v) is 3.90. The molecular weight excluding hydrogens is 274 g/mol. The lowest BCUT2D eigenvalue weighted by atomic mass is 10.2. The number of hydrogen-bond acceptors (Lipinski definition) is 7. The maximum atomic E-state index is 9.12. The molecule has 3 heterocycles. The molecule has 7 heteroatoms. The predicted octanol–water partition coefficient (Wildman–Crippen LogP) is 1.50. The first kappa shape index (κ1) is 12.8. The number of rotatable bonds is 2. The Balaban J connectivity index is 1.96. The lowest BCUT2D eigenvalue weighted by Gasteiger charge is -2.28. The highest BCUT2D eigenvalue weighted by Crippen LogP contribution is 2.29. The SMILES string of the molecule is N#Cc1sc(N)nc1-c1cc(N2CCOCC2)ccn1. The van der Waals surface area contributed by atoms with Crippen molar-refractivity contribution >= 4 is 22.2 Å². The van der Waals surface area contributed by atoms with Crippen LogP contribution in [0.25, 0.3) is 11.4 Å². The van der Waals surface area contributed by atoms with Crippen molar-refractivity contribution in [2.75, 3.05) is 36.9 Å². The van der Waals surface area contributed by atoms with Crippen molar-refractivity contribution in [3.63, 3.8) is 0 Å². The molecule has 0 atom stereocenters. The quantitative estimate of drug-likeness (QED) is 0.900. The second kappa shape index (κ2) is 5.45. The van der Waals surface area contributed by atoms with E-state index < -0.39 is 0 Å². The van der Waals surface area contributed by atoms with E-state index in [9.17, 15) is 0 Å². The molecule has 2 aromatic rings. The maximum absolute atomic E-state index is 9.12. The zero-order chi connectivity index (χ0) is 13.9. The maximum Gasteiger partial charge on any atom is 0.181 e. The van der Waals surface area contributed by atoms with Gasteiger partial charge in [-0.3, -0.25) is 4.98 Å². The highest BCUT2D eigenvalue weighted by molar-refractivity contribution is 7.16. The highest BCUT2D eigenvalue weighted by atomic mass is 32.1. The number of aromatic nitrogens is 2. The fourth-order valence-corrected chi connectivity index (χ4v) is 2.79. The van der Waals surface area contributed by atoms with Crippen LogP contribution in [0.3, 0.4) is 0 Å². The number of pyridine rings is 1. The number of hydrogen-bond donors (Lipinski definition) is 1. The molecule has 6 nitrogen and oxygen atoms in total. The van der Waals surface area contributed by atoms with Gasteiger partial charge in [-0.15, -0.1) is 0 Å². The number of ether oxygens (including phenoxy) is 1. The summed E-state index contributed by atoms with van der Waals surface area (Å²) < 4.78 is 5.35. The van der Waals surface area contributed by atoms with Crippen molar-refractivity contribution in [1.29, 1.82) is 5.26 Å². The minimum atomic E-state index is 0.384.